The lowest BCUT2D eigenvalue weighted by Gasteiger charge is -2.21. The van der Waals surface area contributed by atoms with Crippen molar-refractivity contribution in [3.8, 4) is 0 Å². The van der Waals surface area contributed by atoms with E-state index in [4.69, 9.17) is 14.4 Å². The maximum absolute atomic E-state index is 12.6. The second kappa shape index (κ2) is 7.82. The Morgan fingerprint density at radius 3 is 2.93 bits per heavy atom. The summed E-state index contributed by atoms with van der Waals surface area (Å²) in [5, 5.41) is 8.69. The first-order chi connectivity index (χ1) is 13.2. The summed E-state index contributed by atoms with van der Waals surface area (Å²) in [6.45, 7) is 10.3. The fraction of sp³-hybridized carbons (Fsp3) is 0.632. The standard InChI is InChI=1S/C19H27N5O3/c1-3-24-18-5-10-26-13-15(18)17(20-24)12-22-6-4-7-23(9-8-22)19(25)16-11-14(2)27-21-16/h11H,3-10,12-13H2,1-2H3. The quantitative estimate of drug-likeness (QED) is 0.811. The van der Waals surface area contributed by atoms with Gasteiger partial charge in [-0.2, -0.15) is 5.10 Å². The van der Waals surface area contributed by atoms with Crippen LogP contribution in [-0.4, -0.2) is 63.4 Å². The molecule has 0 spiro atoms. The highest BCUT2D eigenvalue weighted by Crippen LogP contribution is 2.22. The van der Waals surface area contributed by atoms with Gasteiger partial charge >= 0.3 is 0 Å². The van der Waals surface area contributed by atoms with Crippen molar-refractivity contribution in [1.29, 1.82) is 0 Å². The molecule has 0 N–H and O–H groups in total. The Morgan fingerprint density at radius 1 is 1.26 bits per heavy atom. The van der Waals surface area contributed by atoms with E-state index in [9.17, 15) is 4.79 Å². The van der Waals surface area contributed by atoms with E-state index in [1.807, 2.05) is 4.90 Å². The minimum Gasteiger partial charge on any atom is -0.376 e. The molecule has 0 aliphatic carbocycles. The molecule has 2 aromatic heterocycles. The molecule has 8 heteroatoms. The van der Waals surface area contributed by atoms with Gasteiger partial charge in [-0.05, 0) is 20.3 Å². The minimum atomic E-state index is -0.0465. The Labute approximate surface area is 159 Å². The van der Waals surface area contributed by atoms with Crippen LogP contribution in [0.1, 0.15) is 46.5 Å². The van der Waals surface area contributed by atoms with Crippen LogP contribution in [0.2, 0.25) is 0 Å². The molecule has 4 heterocycles. The molecule has 0 atom stereocenters. The Kier molecular flexibility index (Phi) is 5.27. The van der Waals surface area contributed by atoms with Gasteiger partial charge in [0.15, 0.2) is 5.69 Å². The Bertz CT molecular complexity index is 812. The predicted molar refractivity (Wildman–Crippen MR) is 98.3 cm³/mol. The fourth-order valence-corrected chi connectivity index (χ4v) is 3.94. The highest BCUT2D eigenvalue weighted by atomic mass is 16.5. The van der Waals surface area contributed by atoms with E-state index < -0.39 is 0 Å². The van der Waals surface area contributed by atoms with Crippen molar-refractivity contribution in [3.05, 3.63) is 34.5 Å². The van der Waals surface area contributed by atoms with Gasteiger partial charge in [-0.3, -0.25) is 14.4 Å². The number of ether oxygens (including phenoxy) is 1. The summed E-state index contributed by atoms with van der Waals surface area (Å²) in [7, 11) is 0. The van der Waals surface area contributed by atoms with E-state index in [-0.39, 0.29) is 5.91 Å². The molecule has 0 radical (unpaired) electrons. The zero-order valence-corrected chi connectivity index (χ0v) is 16.1. The average molecular weight is 373 g/mol. The van der Waals surface area contributed by atoms with Gasteiger partial charge in [-0.25, -0.2) is 0 Å². The summed E-state index contributed by atoms with van der Waals surface area (Å²) in [6.07, 6.45) is 1.88. The monoisotopic (exact) mass is 373 g/mol. The molecule has 4 rings (SSSR count). The van der Waals surface area contributed by atoms with E-state index in [2.05, 4.69) is 21.7 Å². The van der Waals surface area contributed by atoms with Crippen LogP contribution in [-0.2, 0) is 30.9 Å². The van der Waals surface area contributed by atoms with Crippen LogP contribution in [0.4, 0.5) is 0 Å². The molecule has 27 heavy (non-hydrogen) atoms. The summed E-state index contributed by atoms with van der Waals surface area (Å²) in [6, 6.07) is 1.70. The van der Waals surface area contributed by atoms with E-state index in [0.717, 1.165) is 57.9 Å². The first-order valence-corrected chi connectivity index (χ1v) is 9.76. The Hall–Kier alpha value is -2.19. The number of hydrogen-bond acceptors (Lipinski definition) is 6. The summed E-state index contributed by atoms with van der Waals surface area (Å²) in [5.41, 5.74) is 4.11. The number of rotatable bonds is 4. The van der Waals surface area contributed by atoms with E-state index in [1.54, 1.807) is 13.0 Å². The number of carbonyl (C=O) groups excluding carboxylic acids is 1. The van der Waals surface area contributed by atoms with Crippen molar-refractivity contribution in [3.63, 3.8) is 0 Å². The molecule has 1 fully saturated rings. The van der Waals surface area contributed by atoms with E-state index in [0.29, 0.717) is 24.6 Å². The number of nitrogens with zero attached hydrogens (tertiary/aromatic N) is 5. The van der Waals surface area contributed by atoms with Crippen molar-refractivity contribution < 1.29 is 14.1 Å². The highest BCUT2D eigenvalue weighted by Gasteiger charge is 2.25. The molecule has 0 bridgehead atoms. The molecule has 0 unspecified atom stereocenters. The minimum absolute atomic E-state index is 0.0465. The lowest BCUT2D eigenvalue weighted by Crippen LogP contribution is -2.35. The van der Waals surface area contributed by atoms with Gasteiger partial charge in [-0.1, -0.05) is 5.16 Å². The van der Waals surface area contributed by atoms with Gasteiger partial charge in [0.2, 0.25) is 0 Å². The van der Waals surface area contributed by atoms with Gasteiger partial charge in [0.1, 0.15) is 5.76 Å². The van der Waals surface area contributed by atoms with Crippen molar-refractivity contribution in [1.82, 2.24) is 24.7 Å². The summed E-state index contributed by atoms with van der Waals surface area (Å²) in [5.74, 6) is 0.614. The molecule has 0 saturated carbocycles. The molecule has 2 aliphatic rings. The Balaban J connectivity index is 1.42. The predicted octanol–water partition coefficient (Wildman–Crippen LogP) is 1.62. The van der Waals surface area contributed by atoms with Gasteiger partial charge in [0, 0.05) is 63.0 Å². The third-order valence-electron chi connectivity index (χ3n) is 5.38. The second-order valence-corrected chi connectivity index (χ2v) is 7.23. The summed E-state index contributed by atoms with van der Waals surface area (Å²) < 4.78 is 12.8. The maximum Gasteiger partial charge on any atom is 0.276 e. The first-order valence-electron chi connectivity index (χ1n) is 9.76. The smallest absolute Gasteiger partial charge is 0.276 e. The van der Waals surface area contributed by atoms with Crippen LogP contribution < -0.4 is 0 Å². The van der Waals surface area contributed by atoms with Crippen molar-refractivity contribution in [2.45, 2.75) is 46.4 Å². The number of fused-ring (bicyclic) bond motifs is 1. The average Bonchev–Trinajstić information content (AvgIpc) is 3.18. The molecular formula is C19H27N5O3. The van der Waals surface area contributed by atoms with E-state index in [1.165, 1.54) is 11.3 Å². The maximum atomic E-state index is 12.6. The van der Waals surface area contributed by atoms with Crippen LogP contribution in [0.3, 0.4) is 0 Å². The van der Waals surface area contributed by atoms with Crippen molar-refractivity contribution in [2.24, 2.45) is 0 Å². The van der Waals surface area contributed by atoms with Crippen LogP contribution in [0.15, 0.2) is 10.6 Å². The first kappa shape index (κ1) is 18.2. The number of aromatic nitrogens is 3. The number of hydrogen-bond donors (Lipinski definition) is 0. The largest absolute Gasteiger partial charge is 0.376 e. The SMILES string of the molecule is CCn1nc(CN2CCCN(C(=O)c3cc(C)on3)CC2)c2c1CCOC2. The number of carbonyl (C=O) groups is 1. The molecular weight excluding hydrogens is 346 g/mol. The summed E-state index contributed by atoms with van der Waals surface area (Å²) in [4.78, 5) is 16.9. The van der Waals surface area contributed by atoms with Crippen LogP contribution in [0.5, 0.6) is 0 Å². The highest BCUT2D eigenvalue weighted by molar-refractivity contribution is 5.92. The zero-order chi connectivity index (χ0) is 18.8. The Morgan fingerprint density at radius 2 is 2.15 bits per heavy atom. The summed E-state index contributed by atoms with van der Waals surface area (Å²) >= 11 is 0. The van der Waals surface area contributed by atoms with E-state index >= 15 is 0 Å². The van der Waals surface area contributed by atoms with Crippen LogP contribution >= 0.6 is 0 Å². The molecule has 2 aliphatic heterocycles. The normalized spacial score (nSPS) is 18.4. The fourth-order valence-electron chi connectivity index (χ4n) is 3.94. The second-order valence-electron chi connectivity index (χ2n) is 7.23. The molecule has 0 aromatic carbocycles. The number of aryl methyl sites for hydroxylation is 2. The van der Waals surface area contributed by atoms with Crippen LogP contribution in [0, 0.1) is 6.92 Å². The molecule has 2 aromatic rings. The molecule has 146 valence electrons. The van der Waals surface area contributed by atoms with Crippen LogP contribution in [0.25, 0.3) is 0 Å². The third kappa shape index (κ3) is 3.77. The third-order valence-corrected chi connectivity index (χ3v) is 5.38. The zero-order valence-electron chi connectivity index (χ0n) is 16.1. The lowest BCUT2D eigenvalue weighted by atomic mass is 10.1. The molecule has 1 saturated heterocycles. The van der Waals surface area contributed by atoms with Gasteiger partial charge in [-0.15, -0.1) is 0 Å². The van der Waals surface area contributed by atoms with Gasteiger partial charge < -0.3 is 14.2 Å². The number of amides is 1. The topological polar surface area (TPSA) is 76.6 Å². The lowest BCUT2D eigenvalue weighted by molar-refractivity contribution is 0.0750. The molecule has 1 amide bonds. The van der Waals surface area contributed by atoms with Gasteiger partial charge in [0.05, 0.1) is 18.9 Å². The molecule has 8 nitrogen and oxygen atoms in total. The van der Waals surface area contributed by atoms with Gasteiger partial charge in [0.25, 0.3) is 5.91 Å². The van der Waals surface area contributed by atoms with Crippen molar-refractivity contribution >= 4 is 5.91 Å². The van der Waals surface area contributed by atoms with Crippen molar-refractivity contribution in [2.75, 3.05) is 32.8 Å².